The maximum absolute atomic E-state index is 10.9. The van der Waals surface area contributed by atoms with Gasteiger partial charge in [-0.2, -0.15) is 0 Å². The number of aromatic nitrogens is 1. The number of carbonyl (C=O) groups excluding carboxylic acids is 1. The van der Waals surface area contributed by atoms with Crippen molar-refractivity contribution in [2.75, 3.05) is 0 Å². The van der Waals surface area contributed by atoms with Crippen LogP contribution in [-0.2, 0) is 5.88 Å². The molecule has 0 radical (unpaired) electrons. The number of hydrogen-bond donors (Lipinski definition) is 0. The monoisotopic (exact) mass is 203 g/mol. The fraction of sp³-hybridized carbons (Fsp3) is 0.250. The molecule has 0 saturated carbocycles. The van der Waals surface area contributed by atoms with Gasteiger partial charge in [0.05, 0.1) is 11.6 Å². The van der Waals surface area contributed by atoms with Gasteiger partial charge in [-0.25, -0.2) is 4.98 Å². The van der Waals surface area contributed by atoms with Crippen molar-refractivity contribution in [1.29, 1.82) is 0 Å². The maximum Gasteiger partial charge on any atom is 0.178 e. The third kappa shape index (κ3) is 2.19. The first-order valence-electron chi connectivity index (χ1n) is 3.37. The summed E-state index contributed by atoms with van der Waals surface area (Å²) in [5.74, 6) is 0.157. The molecule has 1 aromatic heterocycles. The summed E-state index contributed by atoms with van der Waals surface area (Å²) >= 11 is 11.3. The lowest BCUT2D eigenvalue weighted by molar-refractivity contribution is 0.101. The Morgan fingerprint density at radius 3 is 2.75 bits per heavy atom. The van der Waals surface area contributed by atoms with E-state index in [0.29, 0.717) is 16.4 Å². The molecule has 0 spiro atoms. The fourth-order valence-corrected chi connectivity index (χ4v) is 1.17. The lowest BCUT2D eigenvalue weighted by atomic mass is 10.2. The minimum atomic E-state index is -0.108. The van der Waals surface area contributed by atoms with Crippen LogP contribution in [0.25, 0.3) is 0 Å². The molecule has 0 aliphatic heterocycles. The Hall–Kier alpha value is -0.600. The molecule has 0 bridgehead atoms. The Labute approximate surface area is 80.5 Å². The van der Waals surface area contributed by atoms with Crippen molar-refractivity contribution in [2.45, 2.75) is 12.8 Å². The number of hydrogen-bond acceptors (Lipinski definition) is 2. The van der Waals surface area contributed by atoms with Crippen LogP contribution in [0.5, 0.6) is 0 Å². The second-order valence-corrected chi connectivity index (χ2v) is 3.06. The molecule has 0 saturated heterocycles. The van der Waals surface area contributed by atoms with Crippen LogP contribution in [0.1, 0.15) is 23.1 Å². The van der Waals surface area contributed by atoms with E-state index in [9.17, 15) is 4.79 Å². The van der Waals surface area contributed by atoms with Gasteiger partial charge in [-0.3, -0.25) is 4.79 Å². The zero-order chi connectivity index (χ0) is 9.14. The second-order valence-electron chi connectivity index (χ2n) is 2.35. The van der Waals surface area contributed by atoms with Crippen molar-refractivity contribution in [3.63, 3.8) is 0 Å². The first-order chi connectivity index (χ1) is 5.63. The quantitative estimate of drug-likeness (QED) is 0.547. The van der Waals surface area contributed by atoms with Crippen molar-refractivity contribution in [3.8, 4) is 0 Å². The largest absolute Gasteiger partial charge is 0.293 e. The van der Waals surface area contributed by atoms with Crippen LogP contribution in [-0.4, -0.2) is 10.8 Å². The number of halogens is 2. The Bertz CT molecular complexity index is 312. The number of pyridine rings is 1. The van der Waals surface area contributed by atoms with Crippen LogP contribution in [0.15, 0.2) is 12.1 Å². The van der Waals surface area contributed by atoms with Gasteiger partial charge in [0.15, 0.2) is 5.78 Å². The van der Waals surface area contributed by atoms with E-state index in [1.54, 1.807) is 6.07 Å². The van der Waals surface area contributed by atoms with Crippen molar-refractivity contribution in [1.82, 2.24) is 4.98 Å². The number of rotatable bonds is 2. The van der Waals surface area contributed by atoms with Crippen LogP contribution in [0.4, 0.5) is 0 Å². The second kappa shape index (κ2) is 3.87. The maximum atomic E-state index is 10.9. The molecule has 4 heteroatoms. The molecule has 0 aliphatic rings. The van der Waals surface area contributed by atoms with Crippen molar-refractivity contribution in [3.05, 3.63) is 28.5 Å². The molecule has 0 N–H and O–H groups in total. The predicted octanol–water partition coefficient (Wildman–Crippen LogP) is 2.68. The summed E-state index contributed by atoms with van der Waals surface area (Å²) < 4.78 is 0. The highest BCUT2D eigenvalue weighted by Crippen LogP contribution is 2.13. The normalized spacial score (nSPS) is 9.92. The van der Waals surface area contributed by atoms with Gasteiger partial charge in [-0.15, -0.1) is 11.6 Å². The Kier molecular flexibility index (Phi) is 3.06. The topological polar surface area (TPSA) is 30.0 Å². The van der Waals surface area contributed by atoms with E-state index >= 15 is 0 Å². The van der Waals surface area contributed by atoms with Gasteiger partial charge in [-0.05, 0) is 12.1 Å². The summed E-state index contributed by atoms with van der Waals surface area (Å²) in [7, 11) is 0. The molecule has 12 heavy (non-hydrogen) atoms. The van der Waals surface area contributed by atoms with Crippen LogP contribution < -0.4 is 0 Å². The summed E-state index contributed by atoms with van der Waals surface area (Å²) in [5, 5.41) is 0.492. The first kappa shape index (κ1) is 9.49. The van der Waals surface area contributed by atoms with E-state index in [-0.39, 0.29) is 11.7 Å². The molecular weight excluding hydrogens is 197 g/mol. The van der Waals surface area contributed by atoms with E-state index in [1.165, 1.54) is 13.0 Å². The summed E-state index contributed by atoms with van der Waals surface area (Å²) in [6, 6.07) is 3.17. The van der Waals surface area contributed by atoms with Gasteiger partial charge in [0.2, 0.25) is 0 Å². The number of nitrogens with zero attached hydrogens (tertiary/aromatic N) is 1. The molecule has 0 unspecified atom stereocenters. The summed E-state index contributed by atoms with van der Waals surface area (Å²) in [6.45, 7) is 1.44. The number of carbonyl (C=O) groups is 1. The highest BCUT2D eigenvalue weighted by molar-refractivity contribution is 6.31. The zero-order valence-electron chi connectivity index (χ0n) is 6.47. The van der Waals surface area contributed by atoms with Crippen LogP contribution in [0.3, 0.4) is 0 Å². The Balaban J connectivity index is 3.15. The lowest BCUT2D eigenvalue weighted by Gasteiger charge is -1.99. The van der Waals surface area contributed by atoms with Crippen LogP contribution in [0.2, 0.25) is 5.02 Å². The summed E-state index contributed by atoms with van der Waals surface area (Å²) in [6.07, 6.45) is 0. The van der Waals surface area contributed by atoms with Gasteiger partial charge in [0.25, 0.3) is 0 Å². The fourth-order valence-electron chi connectivity index (χ4n) is 0.800. The van der Waals surface area contributed by atoms with Crippen LogP contribution >= 0.6 is 23.2 Å². The Morgan fingerprint density at radius 1 is 1.58 bits per heavy atom. The Morgan fingerprint density at radius 2 is 2.25 bits per heavy atom. The minimum absolute atomic E-state index is 0.108. The van der Waals surface area contributed by atoms with E-state index in [2.05, 4.69) is 4.98 Å². The smallest absolute Gasteiger partial charge is 0.178 e. The van der Waals surface area contributed by atoms with Crippen LogP contribution in [0, 0.1) is 0 Å². The third-order valence-corrected chi connectivity index (χ3v) is 1.83. The zero-order valence-corrected chi connectivity index (χ0v) is 7.99. The molecule has 0 atom stereocenters. The van der Waals surface area contributed by atoms with Gasteiger partial charge in [0.1, 0.15) is 5.69 Å². The van der Waals surface area contributed by atoms with E-state index in [4.69, 9.17) is 23.2 Å². The van der Waals surface area contributed by atoms with Gasteiger partial charge < -0.3 is 0 Å². The number of Topliss-reactive ketones (excluding diaryl/α,β-unsaturated/α-hetero) is 1. The standard InChI is InChI=1S/C8H7Cl2NO/c1-5(12)8-3-6(10)2-7(4-9)11-8/h2-3H,4H2,1H3. The van der Waals surface area contributed by atoms with Gasteiger partial charge in [0, 0.05) is 11.9 Å². The molecule has 1 rings (SSSR count). The minimum Gasteiger partial charge on any atom is -0.293 e. The van der Waals surface area contributed by atoms with Gasteiger partial charge >= 0.3 is 0 Å². The lowest BCUT2D eigenvalue weighted by Crippen LogP contribution is -1.98. The van der Waals surface area contributed by atoms with Crippen molar-refractivity contribution >= 4 is 29.0 Å². The number of alkyl halides is 1. The third-order valence-electron chi connectivity index (χ3n) is 1.34. The van der Waals surface area contributed by atoms with E-state index in [0.717, 1.165) is 0 Å². The SMILES string of the molecule is CC(=O)c1cc(Cl)cc(CCl)n1. The summed E-state index contributed by atoms with van der Waals surface area (Å²) in [4.78, 5) is 14.9. The molecule has 64 valence electrons. The molecule has 0 aromatic carbocycles. The molecule has 1 aromatic rings. The molecule has 0 fully saturated rings. The number of ketones is 1. The highest BCUT2D eigenvalue weighted by Gasteiger charge is 2.04. The molecular formula is C8H7Cl2NO. The average Bonchev–Trinajstić information content (AvgIpc) is 2.03. The van der Waals surface area contributed by atoms with Gasteiger partial charge in [-0.1, -0.05) is 11.6 Å². The molecule has 0 amide bonds. The predicted molar refractivity (Wildman–Crippen MR) is 48.8 cm³/mol. The van der Waals surface area contributed by atoms with E-state index < -0.39 is 0 Å². The van der Waals surface area contributed by atoms with Crippen molar-refractivity contribution in [2.24, 2.45) is 0 Å². The van der Waals surface area contributed by atoms with Crippen molar-refractivity contribution < 1.29 is 4.79 Å². The molecule has 2 nitrogen and oxygen atoms in total. The first-order valence-corrected chi connectivity index (χ1v) is 4.28. The summed E-state index contributed by atoms with van der Waals surface area (Å²) in [5.41, 5.74) is 0.979. The molecule has 0 aliphatic carbocycles. The molecule has 1 heterocycles. The van der Waals surface area contributed by atoms with E-state index in [1.807, 2.05) is 0 Å². The highest BCUT2D eigenvalue weighted by atomic mass is 35.5. The average molecular weight is 204 g/mol.